The lowest BCUT2D eigenvalue weighted by Crippen LogP contribution is -2.36. The number of benzene rings is 1. The molecule has 0 heterocycles. The number of nitrogens with one attached hydrogen (secondary N) is 1. The molecule has 0 radical (unpaired) electrons. The van der Waals surface area contributed by atoms with Gasteiger partial charge in [0.25, 0.3) is 0 Å². The Morgan fingerprint density at radius 1 is 1.24 bits per heavy atom. The van der Waals surface area contributed by atoms with Gasteiger partial charge in [-0.25, -0.2) is 0 Å². The summed E-state index contributed by atoms with van der Waals surface area (Å²) >= 11 is 0. The Bertz CT molecular complexity index is 306. The molecule has 1 N–H and O–H groups in total. The van der Waals surface area contributed by atoms with E-state index in [1.54, 1.807) is 0 Å². The first kappa shape index (κ1) is 12.4. The van der Waals surface area contributed by atoms with Gasteiger partial charge in [0, 0.05) is 12.6 Å². The summed E-state index contributed by atoms with van der Waals surface area (Å²) in [5.74, 6) is 0.979. The SMILES string of the molecule is CCC(CNC1CCCC1)Oc1ccccc1. The number of ether oxygens (including phenoxy) is 1. The number of hydrogen-bond acceptors (Lipinski definition) is 2. The second-order valence-corrected chi connectivity index (χ2v) is 4.85. The fourth-order valence-corrected chi connectivity index (χ4v) is 2.39. The van der Waals surface area contributed by atoms with Crippen molar-refractivity contribution in [1.29, 1.82) is 0 Å². The zero-order valence-electron chi connectivity index (χ0n) is 10.7. The molecular formula is C15H23NO. The number of rotatable bonds is 6. The molecule has 0 spiro atoms. The van der Waals surface area contributed by atoms with Gasteiger partial charge in [-0.1, -0.05) is 38.0 Å². The summed E-state index contributed by atoms with van der Waals surface area (Å²) in [6.07, 6.45) is 6.78. The monoisotopic (exact) mass is 233 g/mol. The molecule has 1 atom stereocenters. The van der Waals surface area contributed by atoms with Crippen LogP contribution >= 0.6 is 0 Å². The van der Waals surface area contributed by atoms with Crippen LogP contribution in [0.1, 0.15) is 39.0 Å². The van der Waals surface area contributed by atoms with Gasteiger partial charge in [0.15, 0.2) is 0 Å². The van der Waals surface area contributed by atoms with Gasteiger partial charge in [-0.2, -0.15) is 0 Å². The average Bonchev–Trinajstić information content (AvgIpc) is 2.89. The van der Waals surface area contributed by atoms with Crippen molar-refractivity contribution in [3.63, 3.8) is 0 Å². The van der Waals surface area contributed by atoms with Crippen molar-refractivity contribution in [3.05, 3.63) is 30.3 Å². The first-order valence-corrected chi connectivity index (χ1v) is 6.83. The lowest BCUT2D eigenvalue weighted by molar-refractivity contribution is 0.188. The summed E-state index contributed by atoms with van der Waals surface area (Å²) in [6.45, 7) is 3.15. The molecule has 2 rings (SSSR count). The molecule has 17 heavy (non-hydrogen) atoms. The summed E-state index contributed by atoms with van der Waals surface area (Å²) in [7, 11) is 0. The molecular weight excluding hydrogens is 210 g/mol. The molecule has 1 saturated carbocycles. The van der Waals surface area contributed by atoms with Crippen LogP contribution in [-0.2, 0) is 0 Å². The summed E-state index contributed by atoms with van der Waals surface area (Å²) in [5.41, 5.74) is 0. The quantitative estimate of drug-likeness (QED) is 0.813. The van der Waals surface area contributed by atoms with E-state index < -0.39 is 0 Å². The molecule has 94 valence electrons. The van der Waals surface area contributed by atoms with Crippen molar-refractivity contribution < 1.29 is 4.74 Å². The highest BCUT2D eigenvalue weighted by Crippen LogP contribution is 2.18. The van der Waals surface area contributed by atoms with Crippen molar-refractivity contribution in [2.75, 3.05) is 6.54 Å². The van der Waals surface area contributed by atoms with Gasteiger partial charge in [-0.15, -0.1) is 0 Å². The maximum absolute atomic E-state index is 5.96. The van der Waals surface area contributed by atoms with Gasteiger partial charge in [0.1, 0.15) is 11.9 Å². The lowest BCUT2D eigenvalue weighted by atomic mass is 10.2. The standard InChI is InChI=1S/C15H23NO/c1-2-14(12-16-13-8-6-7-9-13)17-15-10-4-3-5-11-15/h3-5,10-11,13-14,16H,2,6-9,12H2,1H3. The molecule has 0 saturated heterocycles. The van der Waals surface area contributed by atoms with E-state index in [2.05, 4.69) is 12.2 Å². The topological polar surface area (TPSA) is 21.3 Å². The Kier molecular flexibility index (Phi) is 4.87. The molecule has 1 fully saturated rings. The third-order valence-corrected chi connectivity index (χ3v) is 3.49. The normalized spacial score (nSPS) is 18.2. The highest BCUT2D eigenvalue weighted by atomic mass is 16.5. The second-order valence-electron chi connectivity index (χ2n) is 4.85. The van der Waals surface area contributed by atoms with Gasteiger partial charge in [0.2, 0.25) is 0 Å². The van der Waals surface area contributed by atoms with Crippen LogP contribution in [0.15, 0.2) is 30.3 Å². The Balaban J connectivity index is 1.76. The Labute approximate surface area is 104 Å². The molecule has 1 aliphatic rings. The zero-order chi connectivity index (χ0) is 11.9. The number of para-hydroxylation sites is 1. The zero-order valence-corrected chi connectivity index (χ0v) is 10.7. The van der Waals surface area contributed by atoms with E-state index in [4.69, 9.17) is 4.74 Å². The predicted octanol–water partition coefficient (Wildman–Crippen LogP) is 3.38. The van der Waals surface area contributed by atoms with E-state index in [-0.39, 0.29) is 6.10 Å². The van der Waals surface area contributed by atoms with E-state index >= 15 is 0 Å². The van der Waals surface area contributed by atoms with Crippen LogP contribution in [0.4, 0.5) is 0 Å². The van der Waals surface area contributed by atoms with Crippen molar-refractivity contribution in [3.8, 4) is 5.75 Å². The van der Waals surface area contributed by atoms with Crippen LogP contribution in [0.2, 0.25) is 0 Å². The summed E-state index contributed by atoms with van der Waals surface area (Å²) < 4.78 is 5.96. The summed E-state index contributed by atoms with van der Waals surface area (Å²) in [5, 5.41) is 3.63. The fraction of sp³-hybridized carbons (Fsp3) is 0.600. The Hall–Kier alpha value is -1.02. The molecule has 0 aromatic heterocycles. The predicted molar refractivity (Wildman–Crippen MR) is 71.4 cm³/mol. The minimum atomic E-state index is 0.290. The van der Waals surface area contributed by atoms with Crippen LogP contribution in [0.25, 0.3) is 0 Å². The van der Waals surface area contributed by atoms with E-state index in [0.717, 1.165) is 24.8 Å². The molecule has 2 heteroatoms. The van der Waals surface area contributed by atoms with E-state index in [1.807, 2.05) is 30.3 Å². The molecule has 2 nitrogen and oxygen atoms in total. The first-order valence-electron chi connectivity index (χ1n) is 6.83. The van der Waals surface area contributed by atoms with Crippen molar-refractivity contribution in [1.82, 2.24) is 5.32 Å². The molecule has 1 unspecified atom stereocenters. The van der Waals surface area contributed by atoms with Gasteiger partial charge in [-0.05, 0) is 31.4 Å². The molecule has 0 bridgehead atoms. The van der Waals surface area contributed by atoms with Crippen molar-refractivity contribution >= 4 is 0 Å². The third-order valence-electron chi connectivity index (χ3n) is 3.49. The Morgan fingerprint density at radius 2 is 1.94 bits per heavy atom. The molecule has 1 aromatic carbocycles. The van der Waals surface area contributed by atoms with E-state index in [9.17, 15) is 0 Å². The molecule has 1 aliphatic carbocycles. The molecule has 0 aliphatic heterocycles. The van der Waals surface area contributed by atoms with Crippen LogP contribution in [0.3, 0.4) is 0 Å². The smallest absolute Gasteiger partial charge is 0.119 e. The largest absolute Gasteiger partial charge is 0.489 e. The van der Waals surface area contributed by atoms with Gasteiger partial charge in [0.05, 0.1) is 0 Å². The van der Waals surface area contributed by atoms with Crippen LogP contribution in [0, 0.1) is 0 Å². The van der Waals surface area contributed by atoms with Gasteiger partial charge < -0.3 is 10.1 Å². The average molecular weight is 233 g/mol. The van der Waals surface area contributed by atoms with Crippen LogP contribution < -0.4 is 10.1 Å². The first-order chi connectivity index (χ1) is 8.38. The van der Waals surface area contributed by atoms with Crippen molar-refractivity contribution in [2.45, 2.75) is 51.2 Å². The third kappa shape index (κ3) is 4.04. The molecule has 1 aromatic rings. The number of hydrogen-bond donors (Lipinski definition) is 1. The lowest BCUT2D eigenvalue weighted by Gasteiger charge is -2.20. The van der Waals surface area contributed by atoms with Gasteiger partial charge in [-0.3, -0.25) is 0 Å². The Morgan fingerprint density at radius 3 is 2.59 bits per heavy atom. The van der Waals surface area contributed by atoms with Crippen LogP contribution in [-0.4, -0.2) is 18.7 Å². The maximum atomic E-state index is 5.96. The highest BCUT2D eigenvalue weighted by Gasteiger charge is 2.16. The van der Waals surface area contributed by atoms with E-state index in [0.29, 0.717) is 0 Å². The highest BCUT2D eigenvalue weighted by molar-refractivity contribution is 5.21. The fourth-order valence-electron chi connectivity index (χ4n) is 2.39. The summed E-state index contributed by atoms with van der Waals surface area (Å²) in [6, 6.07) is 10.8. The minimum Gasteiger partial charge on any atom is -0.489 e. The second kappa shape index (κ2) is 6.65. The van der Waals surface area contributed by atoms with Gasteiger partial charge >= 0.3 is 0 Å². The maximum Gasteiger partial charge on any atom is 0.119 e. The van der Waals surface area contributed by atoms with Crippen LogP contribution in [0.5, 0.6) is 5.75 Å². The van der Waals surface area contributed by atoms with E-state index in [1.165, 1.54) is 25.7 Å². The van der Waals surface area contributed by atoms with Crippen molar-refractivity contribution in [2.24, 2.45) is 0 Å². The summed E-state index contributed by atoms with van der Waals surface area (Å²) in [4.78, 5) is 0. The minimum absolute atomic E-state index is 0.290. The molecule has 0 amide bonds.